The first kappa shape index (κ1) is 13.4. The predicted octanol–water partition coefficient (Wildman–Crippen LogP) is 2.82. The molecule has 1 aromatic rings. The van der Waals surface area contributed by atoms with E-state index in [0.29, 0.717) is 5.92 Å². The largest absolute Gasteiger partial charge is 0.496 e. The molecule has 2 N–H and O–H groups in total. The van der Waals surface area contributed by atoms with Crippen LogP contribution >= 0.6 is 0 Å². The first-order valence-electron chi connectivity index (χ1n) is 6.68. The molecular weight excluding hydrogens is 226 g/mol. The van der Waals surface area contributed by atoms with E-state index in [1.54, 1.807) is 7.11 Å². The average Bonchev–Trinajstić information content (AvgIpc) is 2.39. The van der Waals surface area contributed by atoms with E-state index in [1.807, 2.05) is 6.07 Å². The second-order valence-electron chi connectivity index (χ2n) is 5.13. The van der Waals surface area contributed by atoms with Gasteiger partial charge in [0, 0.05) is 19.3 Å². The van der Waals surface area contributed by atoms with Crippen molar-refractivity contribution >= 4 is 0 Å². The first-order valence-corrected chi connectivity index (χ1v) is 6.68. The molecule has 0 spiro atoms. The fourth-order valence-corrected chi connectivity index (χ4v) is 2.61. The SMILES string of the molecule is COc1ccc(C(N)CC2CCOCC2)cc1C. The van der Waals surface area contributed by atoms with Crippen molar-refractivity contribution in [3.63, 3.8) is 0 Å². The number of aryl methyl sites for hydroxylation is 1. The topological polar surface area (TPSA) is 44.5 Å². The van der Waals surface area contributed by atoms with Crippen LogP contribution in [0.4, 0.5) is 0 Å². The molecule has 0 saturated carbocycles. The number of nitrogens with two attached hydrogens (primary N) is 1. The van der Waals surface area contributed by atoms with Crippen molar-refractivity contribution in [2.45, 2.75) is 32.2 Å². The third-order valence-electron chi connectivity index (χ3n) is 3.78. The summed E-state index contributed by atoms with van der Waals surface area (Å²) < 4.78 is 10.7. The molecule has 1 aliphatic heterocycles. The van der Waals surface area contributed by atoms with Gasteiger partial charge in [0.15, 0.2) is 0 Å². The molecule has 3 nitrogen and oxygen atoms in total. The maximum Gasteiger partial charge on any atom is 0.121 e. The van der Waals surface area contributed by atoms with Crippen LogP contribution in [0.1, 0.15) is 36.4 Å². The molecule has 2 rings (SSSR count). The Hall–Kier alpha value is -1.06. The Morgan fingerprint density at radius 2 is 2.11 bits per heavy atom. The molecule has 0 aromatic heterocycles. The van der Waals surface area contributed by atoms with Gasteiger partial charge in [0.1, 0.15) is 5.75 Å². The van der Waals surface area contributed by atoms with E-state index in [1.165, 1.54) is 5.56 Å². The van der Waals surface area contributed by atoms with E-state index < -0.39 is 0 Å². The van der Waals surface area contributed by atoms with Gasteiger partial charge in [-0.15, -0.1) is 0 Å². The van der Waals surface area contributed by atoms with Crippen LogP contribution in [-0.4, -0.2) is 20.3 Å². The summed E-state index contributed by atoms with van der Waals surface area (Å²) in [6.45, 7) is 3.83. The monoisotopic (exact) mass is 249 g/mol. The molecular formula is C15H23NO2. The molecule has 18 heavy (non-hydrogen) atoms. The van der Waals surface area contributed by atoms with Crippen LogP contribution in [-0.2, 0) is 4.74 Å². The third-order valence-corrected chi connectivity index (χ3v) is 3.78. The zero-order chi connectivity index (χ0) is 13.0. The first-order chi connectivity index (χ1) is 8.70. The summed E-state index contributed by atoms with van der Waals surface area (Å²) in [6, 6.07) is 6.35. The van der Waals surface area contributed by atoms with Gasteiger partial charge in [0.2, 0.25) is 0 Å². The van der Waals surface area contributed by atoms with Gasteiger partial charge in [-0.05, 0) is 49.3 Å². The maximum atomic E-state index is 6.30. The minimum atomic E-state index is 0.123. The van der Waals surface area contributed by atoms with Crippen molar-refractivity contribution in [2.24, 2.45) is 11.7 Å². The van der Waals surface area contributed by atoms with Crippen LogP contribution in [0.3, 0.4) is 0 Å². The quantitative estimate of drug-likeness (QED) is 0.892. The lowest BCUT2D eigenvalue weighted by molar-refractivity contribution is 0.0618. The molecule has 3 heteroatoms. The van der Waals surface area contributed by atoms with Crippen molar-refractivity contribution in [3.05, 3.63) is 29.3 Å². The van der Waals surface area contributed by atoms with Gasteiger partial charge in [-0.1, -0.05) is 12.1 Å². The Morgan fingerprint density at radius 3 is 2.72 bits per heavy atom. The highest BCUT2D eigenvalue weighted by molar-refractivity contribution is 5.37. The Morgan fingerprint density at radius 1 is 1.39 bits per heavy atom. The molecule has 1 aliphatic rings. The molecule has 0 radical (unpaired) electrons. The minimum absolute atomic E-state index is 0.123. The van der Waals surface area contributed by atoms with Crippen LogP contribution in [0.15, 0.2) is 18.2 Å². The number of hydrogen-bond donors (Lipinski definition) is 1. The molecule has 0 bridgehead atoms. The normalized spacial score (nSPS) is 18.6. The van der Waals surface area contributed by atoms with Gasteiger partial charge in [-0.3, -0.25) is 0 Å². The van der Waals surface area contributed by atoms with Crippen molar-refractivity contribution in [2.75, 3.05) is 20.3 Å². The van der Waals surface area contributed by atoms with Crippen LogP contribution in [0.5, 0.6) is 5.75 Å². The highest BCUT2D eigenvalue weighted by atomic mass is 16.5. The van der Waals surface area contributed by atoms with E-state index in [0.717, 1.165) is 43.8 Å². The summed E-state index contributed by atoms with van der Waals surface area (Å²) in [5.41, 5.74) is 8.66. The zero-order valence-electron chi connectivity index (χ0n) is 11.3. The number of hydrogen-bond acceptors (Lipinski definition) is 3. The molecule has 1 atom stereocenters. The fraction of sp³-hybridized carbons (Fsp3) is 0.600. The average molecular weight is 249 g/mol. The lowest BCUT2D eigenvalue weighted by Gasteiger charge is -2.25. The van der Waals surface area contributed by atoms with Gasteiger partial charge >= 0.3 is 0 Å². The van der Waals surface area contributed by atoms with Crippen molar-refractivity contribution in [1.82, 2.24) is 0 Å². The molecule has 1 fully saturated rings. The lowest BCUT2D eigenvalue weighted by Crippen LogP contribution is -2.21. The Bertz CT molecular complexity index is 386. The van der Waals surface area contributed by atoms with Crippen molar-refractivity contribution < 1.29 is 9.47 Å². The molecule has 1 heterocycles. The van der Waals surface area contributed by atoms with E-state index in [4.69, 9.17) is 15.2 Å². The van der Waals surface area contributed by atoms with Crippen molar-refractivity contribution in [1.29, 1.82) is 0 Å². The molecule has 100 valence electrons. The molecule has 1 unspecified atom stereocenters. The summed E-state index contributed by atoms with van der Waals surface area (Å²) in [5, 5.41) is 0. The van der Waals surface area contributed by atoms with Gasteiger partial charge in [0.25, 0.3) is 0 Å². The Balaban J connectivity index is 1.99. The molecule has 0 amide bonds. The van der Waals surface area contributed by atoms with E-state index in [2.05, 4.69) is 19.1 Å². The fourth-order valence-electron chi connectivity index (χ4n) is 2.61. The predicted molar refractivity (Wildman–Crippen MR) is 72.8 cm³/mol. The second kappa shape index (κ2) is 6.21. The lowest BCUT2D eigenvalue weighted by atomic mass is 9.89. The Labute approximate surface area is 109 Å². The van der Waals surface area contributed by atoms with Gasteiger partial charge in [-0.2, -0.15) is 0 Å². The van der Waals surface area contributed by atoms with Crippen LogP contribution in [0, 0.1) is 12.8 Å². The summed E-state index contributed by atoms with van der Waals surface area (Å²) >= 11 is 0. The summed E-state index contributed by atoms with van der Waals surface area (Å²) in [6.07, 6.45) is 3.33. The highest BCUT2D eigenvalue weighted by Gasteiger charge is 2.18. The van der Waals surface area contributed by atoms with Gasteiger partial charge < -0.3 is 15.2 Å². The van der Waals surface area contributed by atoms with Crippen molar-refractivity contribution in [3.8, 4) is 5.75 Å². The smallest absolute Gasteiger partial charge is 0.121 e. The second-order valence-corrected chi connectivity index (χ2v) is 5.13. The number of ether oxygens (including phenoxy) is 2. The summed E-state index contributed by atoms with van der Waals surface area (Å²) in [7, 11) is 1.70. The van der Waals surface area contributed by atoms with E-state index >= 15 is 0 Å². The van der Waals surface area contributed by atoms with Crippen LogP contribution in [0.25, 0.3) is 0 Å². The zero-order valence-corrected chi connectivity index (χ0v) is 11.3. The summed E-state index contributed by atoms with van der Waals surface area (Å²) in [4.78, 5) is 0. The van der Waals surface area contributed by atoms with Crippen LogP contribution < -0.4 is 10.5 Å². The highest BCUT2D eigenvalue weighted by Crippen LogP contribution is 2.28. The number of methoxy groups -OCH3 is 1. The van der Waals surface area contributed by atoms with Gasteiger partial charge in [0.05, 0.1) is 7.11 Å². The molecule has 1 aromatic carbocycles. The standard InChI is InChI=1S/C15H23NO2/c1-11-9-13(3-4-15(11)17-2)14(16)10-12-5-7-18-8-6-12/h3-4,9,12,14H,5-8,10,16H2,1-2H3. The molecule has 0 aliphatic carbocycles. The van der Waals surface area contributed by atoms with Gasteiger partial charge in [-0.25, -0.2) is 0 Å². The maximum absolute atomic E-state index is 6.30. The minimum Gasteiger partial charge on any atom is -0.496 e. The number of rotatable bonds is 4. The van der Waals surface area contributed by atoms with Crippen LogP contribution in [0.2, 0.25) is 0 Å². The third kappa shape index (κ3) is 3.24. The number of benzene rings is 1. The van der Waals surface area contributed by atoms with E-state index in [9.17, 15) is 0 Å². The van der Waals surface area contributed by atoms with E-state index in [-0.39, 0.29) is 6.04 Å². The summed E-state index contributed by atoms with van der Waals surface area (Å²) in [5.74, 6) is 1.63. The Kier molecular flexibility index (Phi) is 4.61. The molecule has 1 saturated heterocycles.